The van der Waals surface area contributed by atoms with Gasteiger partial charge in [0.2, 0.25) is 11.8 Å². The number of carbonyl (C=O) groups is 2. The fourth-order valence-corrected chi connectivity index (χ4v) is 13.5. The fourth-order valence-electron chi connectivity index (χ4n) is 12.7. The van der Waals surface area contributed by atoms with Crippen LogP contribution >= 0.6 is 11.3 Å². The van der Waals surface area contributed by atoms with Crippen molar-refractivity contribution in [3.8, 4) is 16.2 Å². The third-order valence-corrected chi connectivity index (χ3v) is 18.5. The Hall–Kier alpha value is -6.41. The molecule has 6 fully saturated rings. The minimum absolute atomic E-state index is 0.00349. The minimum atomic E-state index is -0.497. The van der Waals surface area contributed by atoms with Gasteiger partial charge in [-0.05, 0) is 132 Å². The number of aromatic amines is 1. The number of nitrogens with two attached hydrogens (primary N) is 3. The lowest BCUT2D eigenvalue weighted by atomic mass is 9.91. The number of rotatable bonds is 17. The smallest absolute Gasteiger partial charge is 0.243 e. The van der Waals surface area contributed by atoms with E-state index in [1.54, 1.807) is 46.7 Å². The number of allylic oxidation sites excluding steroid dienone is 1. The van der Waals surface area contributed by atoms with Crippen LogP contribution < -0.4 is 27.4 Å². The number of piperidine rings is 2. The second kappa shape index (κ2) is 25.4. The molecular formula is C60H83N13O5S. The molecule has 1 saturated carbocycles. The minimum Gasteiger partial charge on any atom is -0.507 e. The Balaban J connectivity index is 0.000000211. The zero-order chi connectivity index (χ0) is 55.2. The molecule has 2 amide bonds. The predicted octanol–water partition coefficient (Wildman–Crippen LogP) is 7.81. The van der Waals surface area contributed by atoms with Crippen LogP contribution in [0, 0.1) is 18.8 Å². The standard InChI is InChI=1S/C40H56N6O4S.C20H27N7O/c1-26(2)37(35-23-36(43-50-35)45-21-14-29(15-22-45)24-44-19-16-33(17-20-44)49-32-7-5-8-32)40(48)46-18-6-9-34(46)39(47)42-27(3)30-10-12-31(13-11-30)38-28(4)41-25-51-38;21-17(16-3-1-2-4-19(16)28)9-18(20(22)23)26-11-14-5-6-15(12-26)27(14)10-13-7-8-24-25-13/h10-13,23,25-27,29,32-34,37H,5-9,14-22,24H2,1-4H3,(H,42,47);1-4,7-9,14-15,28H,5-6,10-12,21-23H2,(H,24,25)/b;17-9-. The van der Waals surface area contributed by atoms with Crippen molar-refractivity contribution in [3.63, 3.8) is 0 Å². The summed E-state index contributed by atoms with van der Waals surface area (Å²) in [4.78, 5) is 44.8. The lowest BCUT2D eigenvalue weighted by Crippen LogP contribution is -2.53. The zero-order valence-corrected chi connectivity index (χ0v) is 47.5. The molecule has 5 aromatic rings. The summed E-state index contributed by atoms with van der Waals surface area (Å²) in [5.74, 6) is 1.82. The molecule has 424 valence electrons. The number of anilines is 1. The molecule has 79 heavy (non-hydrogen) atoms. The van der Waals surface area contributed by atoms with Gasteiger partial charge >= 0.3 is 0 Å². The van der Waals surface area contributed by atoms with Crippen LogP contribution in [0.3, 0.4) is 0 Å². The first-order valence-electron chi connectivity index (χ1n) is 29.0. The average Bonchev–Trinajstić information content (AvgIpc) is 4.40. The maximum atomic E-state index is 14.2. The van der Waals surface area contributed by atoms with E-state index < -0.39 is 12.0 Å². The molecule has 2 aromatic carbocycles. The third kappa shape index (κ3) is 13.3. The van der Waals surface area contributed by atoms with Gasteiger partial charge < -0.3 is 56.5 Å². The molecule has 5 aliphatic heterocycles. The van der Waals surface area contributed by atoms with E-state index in [0.717, 1.165) is 130 Å². The van der Waals surface area contributed by atoms with E-state index in [9.17, 15) is 14.7 Å². The molecule has 5 atom stereocenters. The van der Waals surface area contributed by atoms with Gasteiger partial charge in [0, 0.05) is 100 Å². The normalized spacial score (nSPS) is 22.4. The summed E-state index contributed by atoms with van der Waals surface area (Å²) in [6, 6.07) is 19.4. The molecule has 8 heterocycles. The molecule has 11 rings (SSSR count). The van der Waals surface area contributed by atoms with Crippen molar-refractivity contribution in [3.05, 3.63) is 118 Å². The summed E-state index contributed by atoms with van der Waals surface area (Å²) in [5.41, 5.74) is 26.2. The first kappa shape index (κ1) is 55.9. The van der Waals surface area contributed by atoms with E-state index in [2.05, 4.69) is 69.5 Å². The SMILES string of the molecule is Cc1ncsc1-c1ccc(C(C)NC(=O)C2CCCN2C(=O)C(c2cc(N3CCC(CN4CCC(OC5CCC5)CC4)CC3)no2)C(C)C)cc1.NC(N)=C(/C=C(\N)c1ccccc1O)N1CC2CCC(C1)N2Cc1ccn[nH]1. The number of phenolic OH excluding ortho intramolecular Hbond substituents is 1. The second-order valence-corrected chi connectivity index (χ2v) is 24.1. The van der Waals surface area contributed by atoms with E-state index in [4.69, 9.17) is 26.5 Å². The lowest BCUT2D eigenvalue weighted by molar-refractivity contribution is -0.141. The Kier molecular flexibility index (Phi) is 17.9. The highest BCUT2D eigenvalue weighted by Crippen LogP contribution is 2.37. The number of phenols is 1. The van der Waals surface area contributed by atoms with Crippen LogP contribution in [0.1, 0.15) is 132 Å². The molecule has 5 saturated heterocycles. The molecule has 0 radical (unpaired) electrons. The third-order valence-electron chi connectivity index (χ3n) is 17.5. The van der Waals surface area contributed by atoms with Crippen LogP contribution in [0.2, 0.25) is 0 Å². The van der Waals surface area contributed by atoms with Crippen LogP contribution in [0.4, 0.5) is 5.82 Å². The van der Waals surface area contributed by atoms with E-state index in [-0.39, 0.29) is 35.3 Å². The van der Waals surface area contributed by atoms with E-state index in [1.807, 2.05) is 51.4 Å². The number of thiazole rings is 1. The average molecular weight is 1100 g/mol. The number of likely N-dealkylation sites (tertiary alicyclic amines) is 3. The fraction of sp³-hybridized carbons (Fsp3) is 0.550. The highest BCUT2D eigenvalue weighted by atomic mass is 32.1. The quantitative estimate of drug-likeness (QED) is 0.0487. The number of fused-ring (bicyclic) bond motifs is 2. The first-order chi connectivity index (χ1) is 38.3. The Morgan fingerprint density at radius 3 is 2.24 bits per heavy atom. The lowest BCUT2D eigenvalue weighted by Gasteiger charge is -2.42. The Morgan fingerprint density at radius 1 is 0.886 bits per heavy atom. The van der Waals surface area contributed by atoms with Crippen molar-refractivity contribution < 1.29 is 24.0 Å². The summed E-state index contributed by atoms with van der Waals surface area (Å²) in [7, 11) is 0. The highest BCUT2D eigenvalue weighted by Gasteiger charge is 2.42. The van der Waals surface area contributed by atoms with Gasteiger partial charge in [-0.25, -0.2) is 4.98 Å². The van der Waals surface area contributed by atoms with Gasteiger partial charge in [0.1, 0.15) is 23.5 Å². The second-order valence-electron chi connectivity index (χ2n) is 23.2. The molecule has 9 N–H and O–H groups in total. The van der Waals surface area contributed by atoms with Crippen molar-refractivity contribution >= 4 is 34.7 Å². The van der Waals surface area contributed by atoms with Gasteiger partial charge in [-0.2, -0.15) is 5.10 Å². The predicted molar refractivity (Wildman–Crippen MR) is 309 cm³/mol. The number of aryl methyl sites for hydroxylation is 1. The van der Waals surface area contributed by atoms with Crippen molar-refractivity contribution in [1.29, 1.82) is 0 Å². The molecular weight excluding hydrogens is 1010 g/mol. The van der Waals surface area contributed by atoms with Crippen molar-refractivity contribution in [2.24, 2.45) is 29.0 Å². The highest BCUT2D eigenvalue weighted by molar-refractivity contribution is 7.13. The topological polar surface area (TPSA) is 237 Å². The largest absolute Gasteiger partial charge is 0.507 e. The number of carbonyl (C=O) groups excluding carboxylic acids is 2. The van der Waals surface area contributed by atoms with Crippen LogP contribution in [0.5, 0.6) is 5.75 Å². The number of hydrogen-bond acceptors (Lipinski definition) is 16. The molecule has 5 unspecified atom stereocenters. The van der Waals surface area contributed by atoms with Gasteiger partial charge in [0.25, 0.3) is 0 Å². The van der Waals surface area contributed by atoms with E-state index in [0.29, 0.717) is 60.2 Å². The van der Waals surface area contributed by atoms with Crippen molar-refractivity contribution in [2.45, 2.75) is 147 Å². The summed E-state index contributed by atoms with van der Waals surface area (Å²) < 4.78 is 12.2. The summed E-state index contributed by atoms with van der Waals surface area (Å²) in [6.45, 7) is 16.6. The van der Waals surface area contributed by atoms with E-state index in [1.165, 1.54) is 25.8 Å². The molecule has 2 bridgehead atoms. The number of aromatic hydroxyl groups is 1. The maximum Gasteiger partial charge on any atom is 0.243 e. The number of nitrogens with one attached hydrogen (secondary N) is 2. The Morgan fingerprint density at radius 2 is 1.61 bits per heavy atom. The van der Waals surface area contributed by atoms with E-state index >= 15 is 0 Å². The monoisotopic (exact) mass is 1100 g/mol. The summed E-state index contributed by atoms with van der Waals surface area (Å²) >= 11 is 1.63. The molecule has 3 aromatic heterocycles. The maximum absolute atomic E-state index is 14.2. The van der Waals surface area contributed by atoms with Gasteiger partial charge in [0.15, 0.2) is 11.6 Å². The van der Waals surface area contributed by atoms with Crippen LogP contribution in [-0.4, -0.2) is 140 Å². The van der Waals surface area contributed by atoms with Crippen LogP contribution in [-0.2, 0) is 20.9 Å². The van der Waals surface area contributed by atoms with Gasteiger partial charge in [-0.1, -0.05) is 55.4 Å². The summed E-state index contributed by atoms with van der Waals surface area (Å²) in [5, 5.41) is 24.8. The Bertz CT molecular complexity index is 2850. The van der Waals surface area contributed by atoms with Gasteiger partial charge in [-0.3, -0.25) is 19.6 Å². The number of piperazine rings is 1. The molecule has 1 aliphatic carbocycles. The Labute approximate surface area is 469 Å². The number of H-pyrrole nitrogens is 1. The number of ether oxygens (including phenoxy) is 1. The van der Waals surface area contributed by atoms with Gasteiger partial charge in [0.05, 0.1) is 40.0 Å². The van der Waals surface area contributed by atoms with Gasteiger partial charge in [-0.15, -0.1) is 11.3 Å². The van der Waals surface area contributed by atoms with Crippen molar-refractivity contribution in [2.75, 3.05) is 57.3 Å². The number of nitrogens with zero attached hydrogens (tertiary/aromatic N) is 8. The number of para-hydroxylation sites is 1. The van der Waals surface area contributed by atoms with Crippen LogP contribution in [0.15, 0.2) is 94.5 Å². The number of aromatic nitrogens is 4. The van der Waals surface area contributed by atoms with Crippen LogP contribution in [0.25, 0.3) is 16.1 Å². The molecule has 0 spiro atoms. The number of amides is 2. The zero-order valence-electron chi connectivity index (χ0n) is 46.6. The summed E-state index contributed by atoms with van der Waals surface area (Å²) in [6.07, 6.45) is 16.7. The molecule has 6 aliphatic rings. The number of hydrogen-bond donors (Lipinski definition) is 6. The first-order valence-corrected chi connectivity index (χ1v) is 29.8. The molecule has 18 nitrogen and oxygen atoms in total. The number of benzene rings is 2. The molecule has 19 heteroatoms. The van der Waals surface area contributed by atoms with Crippen molar-refractivity contribution in [1.82, 2.24) is 45.3 Å².